The Morgan fingerprint density at radius 3 is 2.68 bits per heavy atom. The highest BCUT2D eigenvalue weighted by Crippen LogP contribution is 2.30. The Labute approximate surface area is 177 Å². The number of aromatic nitrogens is 1. The standard InChI is InChI=1S/C20H23BrN2O4S/c1-13(27-19(25)16-12-15(26-2)8-9-17(16)21)18(24)23(20-22-10-11-28-20)14-6-4-3-5-7-14/h8-14H,3-7H2,1-2H3/t13-/m1/s1. The first kappa shape index (κ1) is 20.8. The predicted octanol–water partition coefficient (Wildman–Crippen LogP) is 4.83. The molecule has 0 spiro atoms. The maximum absolute atomic E-state index is 13.2. The predicted molar refractivity (Wildman–Crippen MR) is 112 cm³/mol. The summed E-state index contributed by atoms with van der Waals surface area (Å²) in [4.78, 5) is 31.9. The van der Waals surface area contributed by atoms with Crippen molar-refractivity contribution >= 4 is 44.3 Å². The highest BCUT2D eigenvalue weighted by molar-refractivity contribution is 9.10. The molecule has 1 fully saturated rings. The van der Waals surface area contributed by atoms with Crippen LogP contribution in [0.25, 0.3) is 0 Å². The molecule has 1 saturated carbocycles. The van der Waals surface area contributed by atoms with Crippen molar-refractivity contribution in [3.63, 3.8) is 0 Å². The van der Waals surface area contributed by atoms with Crippen LogP contribution in [0.4, 0.5) is 5.13 Å². The summed E-state index contributed by atoms with van der Waals surface area (Å²) in [5.41, 5.74) is 0.317. The van der Waals surface area contributed by atoms with Gasteiger partial charge < -0.3 is 9.47 Å². The van der Waals surface area contributed by atoms with Crippen molar-refractivity contribution in [2.45, 2.75) is 51.2 Å². The summed E-state index contributed by atoms with van der Waals surface area (Å²) >= 11 is 4.77. The Balaban J connectivity index is 1.77. The minimum absolute atomic E-state index is 0.0945. The number of methoxy groups -OCH3 is 1. The Morgan fingerprint density at radius 2 is 2.04 bits per heavy atom. The van der Waals surface area contributed by atoms with Crippen LogP contribution in [-0.4, -0.2) is 36.1 Å². The zero-order chi connectivity index (χ0) is 20.1. The number of hydrogen-bond acceptors (Lipinski definition) is 6. The number of esters is 1. The minimum atomic E-state index is -0.920. The van der Waals surface area contributed by atoms with Crippen molar-refractivity contribution in [3.8, 4) is 5.75 Å². The van der Waals surface area contributed by atoms with E-state index in [-0.39, 0.29) is 11.9 Å². The van der Waals surface area contributed by atoms with Crippen LogP contribution in [0.15, 0.2) is 34.2 Å². The molecule has 1 heterocycles. The molecule has 1 aromatic carbocycles. The van der Waals surface area contributed by atoms with E-state index in [0.29, 0.717) is 20.9 Å². The van der Waals surface area contributed by atoms with Crippen molar-refractivity contribution < 1.29 is 19.1 Å². The molecule has 28 heavy (non-hydrogen) atoms. The van der Waals surface area contributed by atoms with Crippen LogP contribution in [-0.2, 0) is 9.53 Å². The summed E-state index contributed by atoms with van der Waals surface area (Å²) in [7, 11) is 1.53. The molecule has 0 saturated heterocycles. The second-order valence-corrected chi connectivity index (χ2v) is 8.44. The average Bonchev–Trinajstić information content (AvgIpc) is 3.23. The molecule has 150 valence electrons. The van der Waals surface area contributed by atoms with E-state index in [1.165, 1.54) is 24.9 Å². The molecule has 1 atom stereocenters. The Kier molecular flexibility index (Phi) is 7.07. The second-order valence-electron chi connectivity index (χ2n) is 6.71. The number of nitrogens with zero attached hydrogens (tertiary/aromatic N) is 2. The molecule has 0 aliphatic heterocycles. The lowest BCUT2D eigenvalue weighted by molar-refractivity contribution is -0.127. The van der Waals surface area contributed by atoms with Crippen LogP contribution in [0.1, 0.15) is 49.4 Å². The number of hydrogen-bond donors (Lipinski definition) is 0. The van der Waals surface area contributed by atoms with Crippen LogP contribution >= 0.6 is 27.3 Å². The minimum Gasteiger partial charge on any atom is -0.497 e. The monoisotopic (exact) mass is 466 g/mol. The van der Waals surface area contributed by atoms with Gasteiger partial charge in [-0.3, -0.25) is 9.69 Å². The third kappa shape index (κ3) is 4.72. The fourth-order valence-corrected chi connectivity index (χ4v) is 4.49. The Bertz CT molecular complexity index is 822. The number of carbonyl (C=O) groups excluding carboxylic acids is 2. The van der Waals surface area contributed by atoms with Gasteiger partial charge in [0, 0.05) is 22.1 Å². The molecular formula is C20H23BrN2O4S. The highest BCUT2D eigenvalue weighted by Gasteiger charge is 2.33. The third-order valence-electron chi connectivity index (χ3n) is 4.83. The van der Waals surface area contributed by atoms with Crippen LogP contribution < -0.4 is 9.64 Å². The molecule has 6 nitrogen and oxygen atoms in total. The smallest absolute Gasteiger partial charge is 0.340 e. The molecule has 1 amide bonds. The number of ether oxygens (including phenoxy) is 2. The van der Waals surface area contributed by atoms with Crippen LogP contribution in [0.5, 0.6) is 5.75 Å². The largest absolute Gasteiger partial charge is 0.497 e. The first-order valence-corrected chi connectivity index (χ1v) is 11.0. The topological polar surface area (TPSA) is 68.7 Å². The number of thiazole rings is 1. The van der Waals surface area contributed by atoms with Crippen LogP contribution in [0, 0.1) is 0 Å². The van der Waals surface area contributed by atoms with Gasteiger partial charge >= 0.3 is 5.97 Å². The first-order chi connectivity index (χ1) is 13.5. The number of halogens is 1. The normalized spacial score (nSPS) is 15.7. The van der Waals surface area contributed by atoms with Gasteiger partial charge in [-0.1, -0.05) is 19.3 Å². The van der Waals surface area contributed by atoms with E-state index in [9.17, 15) is 9.59 Å². The van der Waals surface area contributed by atoms with Gasteiger partial charge in [-0.15, -0.1) is 11.3 Å². The fourth-order valence-electron chi connectivity index (χ4n) is 3.36. The average molecular weight is 467 g/mol. The van der Waals surface area contributed by atoms with E-state index in [0.717, 1.165) is 25.7 Å². The number of carbonyl (C=O) groups is 2. The molecule has 1 aliphatic rings. The van der Waals surface area contributed by atoms with Gasteiger partial charge in [0.25, 0.3) is 5.91 Å². The maximum atomic E-state index is 13.2. The van der Waals surface area contributed by atoms with Gasteiger partial charge in [-0.05, 0) is 53.9 Å². The molecule has 1 aromatic heterocycles. The van der Waals surface area contributed by atoms with Gasteiger partial charge in [0.1, 0.15) is 5.75 Å². The maximum Gasteiger partial charge on any atom is 0.340 e. The van der Waals surface area contributed by atoms with Crippen molar-refractivity contribution in [2.24, 2.45) is 0 Å². The summed E-state index contributed by atoms with van der Waals surface area (Å²) in [6.45, 7) is 1.61. The zero-order valence-corrected chi connectivity index (χ0v) is 18.3. The van der Waals surface area contributed by atoms with Crippen LogP contribution in [0.3, 0.4) is 0 Å². The zero-order valence-electron chi connectivity index (χ0n) is 15.9. The quantitative estimate of drug-likeness (QED) is 0.570. The molecule has 0 bridgehead atoms. The number of amides is 1. The second kappa shape index (κ2) is 9.52. The molecule has 0 radical (unpaired) electrons. The summed E-state index contributed by atoms with van der Waals surface area (Å²) in [5, 5.41) is 2.50. The van der Waals surface area contributed by atoms with E-state index in [1.807, 2.05) is 5.38 Å². The Hall–Kier alpha value is -1.93. The van der Waals surface area contributed by atoms with E-state index < -0.39 is 12.1 Å². The number of anilines is 1. The van der Waals surface area contributed by atoms with Gasteiger partial charge in [-0.25, -0.2) is 9.78 Å². The summed E-state index contributed by atoms with van der Waals surface area (Å²) in [6, 6.07) is 5.13. The summed E-state index contributed by atoms with van der Waals surface area (Å²) < 4.78 is 11.3. The molecular weight excluding hydrogens is 444 g/mol. The summed E-state index contributed by atoms with van der Waals surface area (Å²) in [5.74, 6) is -0.274. The van der Waals surface area contributed by atoms with Crippen molar-refractivity contribution in [1.29, 1.82) is 0 Å². The van der Waals surface area contributed by atoms with Crippen molar-refractivity contribution in [3.05, 3.63) is 39.8 Å². The highest BCUT2D eigenvalue weighted by atomic mass is 79.9. The van der Waals surface area contributed by atoms with Crippen molar-refractivity contribution in [1.82, 2.24) is 4.98 Å². The van der Waals surface area contributed by atoms with E-state index in [4.69, 9.17) is 9.47 Å². The van der Waals surface area contributed by atoms with E-state index >= 15 is 0 Å². The van der Waals surface area contributed by atoms with Gasteiger partial charge in [0.15, 0.2) is 11.2 Å². The molecule has 3 rings (SSSR count). The van der Waals surface area contributed by atoms with Gasteiger partial charge in [0.05, 0.1) is 12.7 Å². The lowest BCUT2D eigenvalue weighted by Gasteiger charge is -2.33. The molecule has 8 heteroatoms. The fraction of sp³-hybridized carbons (Fsp3) is 0.450. The van der Waals surface area contributed by atoms with Gasteiger partial charge in [-0.2, -0.15) is 0 Å². The third-order valence-corrected chi connectivity index (χ3v) is 6.29. The van der Waals surface area contributed by atoms with Crippen LogP contribution in [0.2, 0.25) is 0 Å². The number of rotatable bonds is 6. The molecule has 2 aromatic rings. The van der Waals surface area contributed by atoms with Crippen molar-refractivity contribution in [2.75, 3.05) is 12.0 Å². The van der Waals surface area contributed by atoms with E-state index in [1.54, 1.807) is 36.2 Å². The lowest BCUT2D eigenvalue weighted by atomic mass is 9.94. The number of benzene rings is 1. The molecule has 1 aliphatic carbocycles. The van der Waals surface area contributed by atoms with E-state index in [2.05, 4.69) is 20.9 Å². The SMILES string of the molecule is COc1ccc(Br)c(C(=O)O[C@H](C)C(=O)N(c2nccs2)C2CCCCC2)c1. The summed E-state index contributed by atoms with van der Waals surface area (Å²) in [6.07, 6.45) is 6.00. The molecule has 0 unspecified atom stereocenters. The molecule has 0 N–H and O–H groups in total. The first-order valence-electron chi connectivity index (χ1n) is 9.28. The Morgan fingerprint density at radius 1 is 1.29 bits per heavy atom. The van der Waals surface area contributed by atoms with Gasteiger partial charge in [0.2, 0.25) is 0 Å². The lowest BCUT2D eigenvalue weighted by Crippen LogP contribution is -2.47.